The monoisotopic (exact) mass is 387 g/mol. The van der Waals surface area contributed by atoms with Crippen molar-refractivity contribution in [1.82, 2.24) is 15.2 Å². The van der Waals surface area contributed by atoms with E-state index in [1.807, 2.05) is 0 Å². The van der Waals surface area contributed by atoms with E-state index in [0.29, 0.717) is 0 Å². The Morgan fingerprint density at radius 3 is 2.67 bits per heavy atom. The first kappa shape index (κ1) is 21.5. The summed E-state index contributed by atoms with van der Waals surface area (Å²) < 4.78 is 44.4. The van der Waals surface area contributed by atoms with Crippen molar-refractivity contribution in [2.75, 3.05) is 20.2 Å². The lowest BCUT2D eigenvalue weighted by molar-refractivity contribution is -0.139. The van der Waals surface area contributed by atoms with Crippen LogP contribution in [0.3, 0.4) is 0 Å². The molecule has 0 spiro atoms. The van der Waals surface area contributed by atoms with Gasteiger partial charge in [0, 0.05) is 24.3 Å². The summed E-state index contributed by atoms with van der Waals surface area (Å²) in [5.74, 6) is -0.747. The topological polar surface area (TPSA) is 54.5 Å². The number of likely N-dealkylation sites (tertiary alicyclic amines) is 1. The molecule has 2 rings (SSSR count). The third-order valence-electron chi connectivity index (χ3n) is 5.19. The number of ether oxygens (including phenoxy) is 1. The highest BCUT2D eigenvalue weighted by atomic mass is 19.4. The summed E-state index contributed by atoms with van der Waals surface area (Å²) in [4.78, 5) is 18.6. The molecule has 27 heavy (non-hydrogen) atoms. The van der Waals surface area contributed by atoms with Gasteiger partial charge in [0.1, 0.15) is 12.2 Å². The SMILES string of the molecule is CN1CCC(NC(=O)C(C)(C)COc2ncccc2C(F)(F)F)CC1(C)C. The van der Waals surface area contributed by atoms with Gasteiger partial charge in [0.2, 0.25) is 11.8 Å². The Morgan fingerprint density at radius 2 is 2.07 bits per heavy atom. The molecular formula is C19H28F3N3O2. The van der Waals surface area contributed by atoms with Crippen LogP contribution in [0.15, 0.2) is 18.3 Å². The molecule has 1 unspecified atom stereocenters. The quantitative estimate of drug-likeness (QED) is 0.840. The van der Waals surface area contributed by atoms with Gasteiger partial charge < -0.3 is 15.0 Å². The van der Waals surface area contributed by atoms with Crippen LogP contribution < -0.4 is 10.1 Å². The van der Waals surface area contributed by atoms with Gasteiger partial charge in [0.25, 0.3) is 0 Å². The van der Waals surface area contributed by atoms with Crippen molar-refractivity contribution in [3.8, 4) is 5.88 Å². The first-order valence-electron chi connectivity index (χ1n) is 9.00. The maximum absolute atomic E-state index is 13.0. The van der Waals surface area contributed by atoms with E-state index in [4.69, 9.17) is 4.74 Å². The Balaban J connectivity index is 2.00. The van der Waals surface area contributed by atoms with Crippen molar-refractivity contribution < 1.29 is 22.7 Å². The number of nitrogens with zero attached hydrogens (tertiary/aromatic N) is 2. The van der Waals surface area contributed by atoms with E-state index in [0.717, 1.165) is 25.5 Å². The third-order valence-corrected chi connectivity index (χ3v) is 5.19. The summed E-state index contributed by atoms with van der Waals surface area (Å²) in [5, 5.41) is 3.03. The summed E-state index contributed by atoms with van der Waals surface area (Å²) in [6.07, 6.45) is -1.68. The van der Waals surface area contributed by atoms with E-state index >= 15 is 0 Å². The molecule has 0 bridgehead atoms. The molecule has 1 aliphatic heterocycles. The van der Waals surface area contributed by atoms with Crippen LogP contribution in [0, 0.1) is 5.41 Å². The lowest BCUT2D eigenvalue weighted by atomic mass is 9.86. The summed E-state index contributed by atoms with van der Waals surface area (Å²) in [7, 11) is 2.06. The summed E-state index contributed by atoms with van der Waals surface area (Å²) in [6.45, 7) is 8.22. The first-order chi connectivity index (χ1) is 12.3. The van der Waals surface area contributed by atoms with Gasteiger partial charge in [0.15, 0.2) is 0 Å². The fourth-order valence-electron chi connectivity index (χ4n) is 3.05. The minimum atomic E-state index is -4.56. The van der Waals surface area contributed by atoms with Gasteiger partial charge in [0.05, 0.1) is 5.41 Å². The molecule has 0 aromatic carbocycles. The molecule has 0 saturated carbocycles. The molecule has 5 nitrogen and oxygen atoms in total. The van der Waals surface area contributed by atoms with Crippen molar-refractivity contribution in [3.05, 3.63) is 23.9 Å². The van der Waals surface area contributed by atoms with E-state index in [2.05, 4.69) is 36.1 Å². The highest BCUT2D eigenvalue weighted by Crippen LogP contribution is 2.35. The van der Waals surface area contributed by atoms with E-state index < -0.39 is 23.0 Å². The van der Waals surface area contributed by atoms with Crippen LogP contribution in [0.2, 0.25) is 0 Å². The van der Waals surface area contributed by atoms with Gasteiger partial charge in [-0.3, -0.25) is 4.79 Å². The van der Waals surface area contributed by atoms with Crippen LogP contribution in [0.5, 0.6) is 5.88 Å². The minimum Gasteiger partial charge on any atom is -0.476 e. The van der Waals surface area contributed by atoms with Crippen molar-refractivity contribution in [2.24, 2.45) is 5.41 Å². The second-order valence-electron chi connectivity index (χ2n) is 8.42. The van der Waals surface area contributed by atoms with Gasteiger partial charge >= 0.3 is 6.18 Å². The number of nitrogens with one attached hydrogen (secondary N) is 1. The number of carbonyl (C=O) groups excluding carboxylic acids is 1. The van der Waals surface area contributed by atoms with Crippen LogP contribution in [-0.2, 0) is 11.0 Å². The number of piperidine rings is 1. The predicted octanol–water partition coefficient (Wildman–Crippen LogP) is 3.49. The average Bonchev–Trinajstić information content (AvgIpc) is 2.55. The van der Waals surface area contributed by atoms with Crippen molar-refractivity contribution >= 4 is 5.91 Å². The standard InChI is InChI=1S/C19H28F3N3O2/c1-17(2,12-27-15-14(19(20,21)22)7-6-9-23-15)16(26)24-13-8-10-25(5)18(3,4)11-13/h6-7,9,13H,8,10-12H2,1-5H3,(H,24,26). The number of amides is 1. The van der Waals surface area contributed by atoms with E-state index in [-0.39, 0.29) is 24.1 Å². The number of carbonyl (C=O) groups is 1. The fourth-order valence-corrected chi connectivity index (χ4v) is 3.05. The molecular weight excluding hydrogens is 359 g/mol. The molecule has 1 fully saturated rings. The maximum atomic E-state index is 13.0. The van der Waals surface area contributed by atoms with Gasteiger partial charge in [-0.15, -0.1) is 0 Å². The zero-order chi connectivity index (χ0) is 20.5. The number of hydrogen-bond donors (Lipinski definition) is 1. The fraction of sp³-hybridized carbons (Fsp3) is 0.684. The molecule has 152 valence electrons. The lowest BCUT2D eigenvalue weighted by Gasteiger charge is -2.44. The highest BCUT2D eigenvalue weighted by molar-refractivity contribution is 5.82. The zero-order valence-corrected chi connectivity index (χ0v) is 16.5. The van der Waals surface area contributed by atoms with Crippen LogP contribution in [0.25, 0.3) is 0 Å². The molecule has 1 saturated heterocycles. The van der Waals surface area contributed by atoms with Crippen LogP contribution in [0.1, 0.15) is 46.1 Å². The second kappa shape index (κ2) is 7.66. The number of pyridine rings is 1. The molecule has 1 amide bonds. The molecule has 1 aliphatic rings. The third kappa shape index (κ3) is 5.34. The van der Waals surface area contributed by atoms with Crippen LogP contribution >= 0.6 is 0 Å². The molecule has 1 aromatic rings. The molecule has 1 aromatic heterocycles. The largest absolute Gasteiger partial charge is 0.476 e. The number of rotatable bonds is 5. The molecule has 0 aliphatic carbocycles. The molecule has 1 atom stereocenters. The lowest BCUT2D eigenvalue weighted by Crippen LogP contribution is -2.55. The second-order valence-corrected chi connectivity index (χ2v) is 8.42. The molecule has 8 heteroatoms. The molecule has 0 radical (unpaired) electrons. The van der Waals surface area contributed by atoms with Crippen molar-refractivity contribution in [3.63, 3.8) is 0 Å². The zero-order valence-electron chi connectivity index (χ0n) is 16.5. The maximum Gasteiger partial charge on any atom is 0.421 e. The Bertz CT molecular complexity index is 674. The summed E-state index contributed by atoms with van der Waals surface area (Å²) in [6, 6.07) is 2.15. The number of halogens is 3. The number of alkyl halides is 3. The smallest absolute Gasteiger partial charge is 0.421 e. The van der Waals surface area contributed by atoms with Gasteiger partial charge in [-0.1, -0.05) is 0 Å². The predicted molar refractivity (Wildman–Crippen MR) is 96.4 cm³/mol. The van der Waals surface area contributed by atoms with Gasteiger partial charge in [-0.2, -0.15) is 13.2 Å². The van der Waals surface area contributed by atoms with Gasteiger partial charge in [-0.25, -0.2) is 4.98 Å². The van der Waals surface area contributed by atoms with E-state index in [9.17, 15) is 18.0 Å². The van der Waals surface area contributed by atoms with Crippen molar-refractivity contribution in [2.45, 2.75) is 58.3 Å². The summed E-state index contributed by atoms with van der Waals surface area (Å²) >= 11 is 0. The van der Waals surface area contributed by atoms with Crippen LogP contribution in [0.4, 0.5) is 13.2 Å². The highest BCUT2D eigenvalue weighted by Gasteiger charge is 2.38. The first-order valence-corrected chi connectivity index (χ1v) is 9.00. The Morgan fingerprint density at radius 1 is 1.41 bits per heavy atom. The minimum absolute atomic E-state index is 0.0214. The summed E-state index contributed by atoms with van der Waals surface area (Å²) in [5.41, 5.74) is -1.96. The number of aromatic nitrogens is 1. The molecule has 1 N–H and O–H groups in total. The Kier molecular flexibility index (Phi) is 6.09. The van der Waals surface area contributed by atoms with Crippen LogP contribution in [-0.4, -0.2) is 47.6 Å². The number of hydrogen-bond acceptors (Lipinski definition) is 4. The average molecular weight is 387 g/mol. The van der Waals surface area contributed by atoms with E-state index in [1.165, 1.54) is 12.3 Å². The van der Waals surface area contributed by atoms with Gasteiger partial charge in [-0.05, 0) is 59.7 Å². The van der Waals surface area contributed by atoms with E-state index in [1.54, 1.807) is 13.8 Å². The Labute approximate surface area is 158 Å². The normalized spacial score (nSPS) is 21.0. The van der Waals surface area contributed by atoms with Crippen molar-refractivity contribution in [1.29, 1.82) is 0 Å². The molecule has 2 heterocycles. The Hall–Kier alpha value is -1.83.